The summed E-state index contributed by atoms with van der Waals surface area (Å²) in [5.74, 6) is 0. The normalized spacial score (nSPS) is 11.0. The number of hydrogen-bond acceptors (Lipinski definition) is 2. The summed E-state index contributed by atoms with van der Waals surface area (Å²) in [6.07, 6.45) is 1.99. The first kappa shape index (κ1) is 16.4. The molecule has 0 aliphatic carbocycles. The largest absolute Gasteiger partial charge is 0.343 e. The first-order valence-electron chi connectivity index (χ1n) is 8.19. The van der Waals surface area contributed by atoms with E-state index in [0.717, 1.165) is 22.0 Å². The van der Waals surface area contributed by atoms with Crippen LogP contribution in [0, 0.1) is 10.1 Å². The first-order chi connectivity index (χ1) is 12.6. The number of rotatable bonds is 4. The van der Waals surface area contributed by atoms with Gasteiger partial charge in [-0.05, 0) is 29.8 Å². The zero-order valence-corrected chi connectivity index (χ0v) is 14.6. The molecule has 0 N–H and O–H groups in total. The molecule has 0 unspecified atom stereocenters. The van der Waals surface area contributed by atoms with Crippen molar-refractivity contribution >= 4 is 28.2 Å². The SMILES string of the molecule is O=[N+]([O-])c1ccccc1-c1cc(Cl)cc2ccn(Cc3ccccc3)c12. The zero-order valence-electron chi connectivity index (χ0n) is 13.8. The maximum absolute atomic E-state index is 11.5. The Balaban J connectivity index is 1.95. The van der Waals surface area contributed by atoms with Crippen LogP contribution < -0.4 is 0 Å². The van der Waals surface area contributed by atoms with E-state index in [1.54, 1.807) is 24.3 Å². The number of para-hydroxylation sites is 1. The Bertz CT molecular complexity index is 1100. The molecule has 3 aromatic carbocycles. The minimum Gasteiger partial charge on any atom is -0.343 e. The number of nitro groups is 1. The fourth-order valence-electron chi connectivity index (χ4n) is 3.29. The highest BCUT2D eigenvalue weighted by molar-refractivity contribution is 6.32. The van der Waals surface area contributed by atoms with Crippen LogP contribution in [0.3, 0.4) is 0 Å². The summed E-state index contributed by atoms with van der Waals surface area (Å²) in [5.41, 5.74) is 3.50. The van der Waals surface area contributed by atoms with Crippen LogP contribution in [0.25, 0.3) is 22.0 Å². The molecule has 4 aromatic rings. The Morgan fingerprint density at radius 3 is 2.42 bits per heavy atom. The Morgan fingerprint density at radius 2 is 1.65 bits per heavy atom. The Kier molecular flexibility index (Phi) is 4.19. The van der Waals surface area contributed by atoms with E-state index in [-0.39, 0.29) is 10.6 Å². The topological polar surface area (TPSA) is 48.1 Å². The predicted molar refractivity (Wildman–Crippen MR) is 105 cm³/mol. The van der Waals surface area contributed by atoms with Crippen LogP contribution >= 0.6 is 11.6 Å². The van der Waals surface area contributed by atoms with Gasteiger partial charge in [0.25, 0.3) is 5.69 Å². The summed E-state index contributed by atoms with van der Waals surface area (Å²) in [6.45, 7) is 0.680. The molecule has 0 radical (unpaired) electrons. The molecule has 0 atom stereocenters. The van der Waals surface area contributed by atoms with Gasteiger partial charge in [-0.2, -0.15) is 0 Å². The van der Waals surface area contributed by atoms with Crippen LogP contribution in [0.5, 0.6) is 0 Å². The summed E-state index contributed by atoms with van der Waals surface area (Å²) >= 11 is 6.30. The van der Waals surface area contributed by atoms with Crippen molar-refractivity contribution in [3.8, 4) is 11.1 Å². The van der Waals surface area contributed by atoms with Crippen molar-refractivity contribution in [1.82, 2.24) is 4.57 Å². The highest BCUT2D eigenvalue weighted by Crippen LogP contribution is 2.37. The van der Waals surface area contributed by atoms with Crippen LogP contribution in [-0.4, -0.2) is 9.49 Å². The number of benzene rings is 3. The van der Waals surface area contributed by atoms with Crippen molar-refractivity contribution in [2.75, 3.05) is 0 Å². The molecular weight excluding hydrogens is 348 g/mol. The van der Waals surface area contributed by atoms with E-state index < -0.39 is 0 Å². The van der Waals surface area contributed by atoms with Gasteiger partial charge < -0.3 is 4.57 Å². The van der Waals surface area contributed by atoms with E-state index in [9.17, 15) is 10.1 Å². The maximum Gasteiger partial charge on any atom is 0.277 e. The van der Waals surface area contributed by atoms with Gasteiger partial charge in [-0.25, -0.2) is 0 Å². The second-order valence-corrected chi connectivity index (χ2v) is 6.53. The third-order valence-electron chi connectivity index (χ3n) is 4.41. The lowest BCUT2D eigenvalue weighted by Crippen LogP contribution is -2.00. The van der Waals surface area contributed by atoms with Gasteiger partial charge in [0, 0.05) is 34.8 Å². The maximum atomic E-state index is 11.5. The molecule has 1 heterocycles. The van der Waals surface area contributed by atoms with Gasteiger partial charge >= 0.3 is 0 Å². The van der Waals surface area contributed by atoms with Crippen LogP contribution in [0.1, 0.15) is 5.56 Å². The molecule has 4 nitrogen and oxygen atoms in total. The van der Waals surface area contributed by atoms with Crippen LogP contribution in [-0.2, 0) is 6.54 Å². The fourth-order valence-corrected chi connectivity index (χ4v) is 3.52. The second kappa shape index (κ2) is 6.65. The van der Waals surface area contributed by atoms with E-state index in [4.69, 9.17) is 11.6 Å². The Labute approximate surface area is 155 Å². The summed E-state index contributed by atoms with van der Waals surface area (Å²) in [4.78, 5) is 11.1. The van der Waals surface area contributed by atoms with Crippen LogP contribution in [0.4, 0.5) is 5.69 Å². The molecule has 0 spiro atoms. The lowest BCUT2D eigenvalue weighted by atomic mass is 10.0. The van der Waals surface area contributed by atoms with Gasteiger partial charge in [0.05, 0.1) is 16.0 Å². The van der Waals surface area contributed by atoms with Gasteiger partial charge in [-0.3, -0.25) is 10.1 Å². The average Bonchev–Trinajstić information content (AvgIpc) is 3.04. The van der Waals surface area contributed by atoms with Crippen molar-refractivity contribution in [2.45, 2.75) is 6.54 Å². The molecule has 0 amide bonds. The van der Waals surface area contributed by atoms with Crippen LogP contribution in [0.15, 0.2) is 79.0 Å². The predicted octanol–water partition coefficient (Wildman–Crippen LogP) is 5.92. The number of nitrogens with zero attached hydrogens (tertiary/aromatic N) is 2. The zero-order chi connectivity index (χ0) is 18.1. The molecule has 0 saturated carbocycles. The molecule has 0 saturated heterocycles. The van der Waals surface area contributed by atoms with Gasteiger partial charge in [-0.1, -0.05) is 54.1 Å². The van der Waals surface area contributed by atoms with Crippen LogP contribution in [0.2, 0.25) is 5.02 Å². The molecule has 0 fully saturated rings. The molecule has 26 heavy (non-hydrogen) atoms. The summed E-state index contributed by atoms with van der Waals surface area (Å²) in [5, 5.41) is 13.0. The number of hydrogen-bond donors (Lipinski definition) is 0. The number of fused-ring (bicyclic) bond motifs is 1. The number of halogens is 1. The molecule has 128 valence electrons. The van der Waals surface area contributed by atoms with Crippen molar-refractivity contribution < 1.29 is 4.92 Å². The molecule has 4 rings (SSSR count). The Morgan fingerprint density at radius 1 is 0.923 bits per heavy atom. The van der Waals surface area contributed by atoms with E-state index in [1.807, 2.05) is 36.5 Å². The molecule has 5 heteroatoms. The van der Waals surface area contributed by atoms with Crippen molar-refractivity contribution in [1.29, 1.82) is 0 Å². The third kappa shape index (κ3) is 2.95. The van der Waals surface area contributed by atoms with E-state index in [1.165, 1.54) is 6.07 Å². The van der Waals surface area contributed by atoms with Crippen molar-refractivity contribution in [3.63, 3.8) is 0 Å². The lowest BCUT2D eigenvalue weighted by Gasteiger charge is -2.11. The summed E-state index contributed by atoms with van der Waals surface area (Å²) in [6, 6.07) is 22.5. The van der Waals surface area contributed by atoms with Gasteiger partial charge in [0.1, 0.15) is 0 Å². The molecular formula is C21H15ClN2O2. The standard InChI is InChI=1S/C21H15ClN2O2/c22-17-12-16-10-11-23(14-15-6-2-1-3-7-15)21(16)19(13-17)18-8-4-5-9-20(18)24(25)26/h1-13H,14H2. The van der Waals surface area contributed by atoms with Gasteiger partial charge in [0.15, 0.2) is 0 Å². The monoisotopic (exact) mass is 362 g/mol. The number of aromatic nitrogens is 1. The highest BCUT2D eigenvalue weighted by atomic mass is 35.5. The molecule has 1 aromatic heterocycles. The minimum absolute atomic E-state index is 0.0727. The quantitative estimate of drug-likeness (QED) is 0.334. The van der Waals surface area contributed by atoms with E-state index >= 15 is 0 Å². The smallest absolute Gasteiger partial charge is 0.277 e. The molecule has 0 aliphatic heterocycles. The van der Waals surface area contributed by atoms with Gasteiger partial charge in [0.2, 0.25) is 0 Å². The van der Waals surface area contributed by atoms with Crippen molar-refractivity contribution in [2.24, 2.45) is 0 Å². The van der Waals surface area contributed by atoms with E-state index in [2.05, 4.69) is 16.7 Å². The second-order valence-electron chi connectivity index (χ2n) is 6.09. The Hall–Kier alpha value is -3.11. The first-order valence-corrected chi connectivity index (χ1v) is 8.57. The summed E-state index contributed by atoms with van der Waals surface area (Å²) in [7, 11) is 0. The fraction of sp³-hybridized carbons (Fsp3) is 0.0476. The third-order valence-corrected chi connectivity index (χ3v) is 4.63. The lowest BCUT2D eigenvalue weighted by molar-refractivity contribution is -0.384. The van der Waals surface area contributed by atoms with Gasteiger partial charge in [-0.15, -0.1) is 0 Å². The highest BCUT2D eigenvalue weighted by Gasteiger charge is 2.19. The molecule has 0 bridgehead atoms. The average molecular weight is 363 g/mol. The van der Waals surface area contributed by atoms with Crippen molar-refractivity contribution in [3.05, 3.63) is 99.7 Å². The summed E-state index contributed by atoms with van der Waals surface area (Å²) < 4.78 is 2.10. The molecule has 0 aliphatic rings. The number of nitro benzene ring substituents is 1. The minimum atomic E-state index is -0.355. The van der Waals surface area contributed by atoms with E-state index in [0.29, 0.717) is 17.1 Å².